The Kier molecular flexibility index (Phi) is 3.36. The molecule has 3 nitrogen and oxygen atoms in total. The van der Waals surface area contributed by atoms with Crippen LogP contribution in [0.15, 0.2) is 0 Å². The van der Waals surface area contributed by atoms with Gasteiger partial charge in [0.2, 0.25) is 5.91 Å². The van der Waals surface area contributed by atoms with Crippen molar-refractivity contribution in [3.63, 3.8) is 0 Å². The van der Waals surface area contributed by atoms with Gasteiger partial charge in [0, 0.05) is 13.5 Å². The number of hydrazine groups is 1. The van der Waals surface area contributed by atoms with Crippen LogP contribution >= 0.6 is 0 Å². The first kappa shape index (κ1) is 9.43. The molecule has 3 heteroatoms. The zero-order valence-corrected chi connectivity index (χ0v) is 7.12. The van der Waals surface area contributed by atoms with E-state index < -0.39 is 0 Å². The van der Waals surface area contributed by atoms with Gasteiger partial charge in [-0.2, -0.15) is 0 Å². The summed E-state index contributed by atoms with van der Waals surface area (Å²) in [5.41, 5.74) is 5.17. The summed E-state index contributed by atoms with van der Waals surface area (Å²) in [5.74, 6) is 0.0370. The highest BCUT2D eigenvalue weighted by atomic mass is 16.2. The maximum absolute atomic E-state index is 10.9. The third kappa shape index (κ3) is 5.56. The molecule has 0 aromatic rings. The van der Waals surface area contributed by atoms with Crippen molar-refractivity contribution in [1.82, 2.24) is 10.9 Å². The maximum Gasteiger partial charge on any atom is 0.234 e. The van der Waals surface area contributed by atoms with Crippen LogP contribution in [0.2, 0.25) is 0 Å². The molecule has 0 fully saturated rings. The molecule has 0 saturated heterocycles. The fourth-order valence-corrected chi connectivity index (χ4v) is 0.665. The van der Waals surface area contributed by atoms with Crippen LogP contribution < -0.4 is 10.9 Å². The monoisotopic (exact) mass is 144 g/mol. The van der Waals surface area contributed by atoms with Gasteiger partial charge in [-0.15, -0.1) is 0 Å². The van der Waals surface area contributed by atoms with E-state index in [1.54, 1.807) is 7.05 Å². The molecule has 0 spiro atoms. The van der Waals surface area contributed by atoms with E-state index in [2.05, 4.69) is 10.9 Å². The Morgan fingerprint density at radius 1 is 1.40 bits per heavy atom. The number of amides is 1. The van der Waals surface area contributed by atoms with Gasteiger partial charge in [-0.3, -0.25) is 10.2 Å². The van der Waals surface area contributed by atoms with Crippen LogP contribution in [-0.2, 0) is 4.79 Å². The largest absolute Gasteiger partial charge is 0.292 e. The van der Waals surface area contributed by atoms with Crippen molar-refractivity contribution >= 4 is 5.91 Å². The molecular formula is C7H16N2O. The van der Waals surface area contributed by atoms with Crippen LogP contribution in [0.5, 0.6) is 0 Å². The second kappa shape index (κ2) is 3.56. The van der Waals surface area contributed by atoms with Gasteiger partial charge in [0.15, 0.2) is 0 Å². The second-order valence-corrected chi connectivity index (χ2v) is 3.54. The quantitative estimate of drug-likeness (QED) is 0.559. The lowest BCUT2D eigenvalue weighted by atomic mass is 9.92. The number of hydrogen-bond acceptors (Lipinski definition) is 2. The van der Waals surface area contributed by atoms with Crippen molar-refractivity contribution in [3.05, 3.63) is 0 Å². The molecule has 1 amide bonds. The van der Waals surface area contributed by atoms with Crippen molar-refractivity contribution in [3.8, 4) is 0 Å². The molecule has 0 heterocycles. The Labute approximate surface area is 62.2 Å². The van der Waals surface area contributed by atoms with E-state index in [1.165, 1.54) is 0 Å². The number of nitrogens with one attached hydrogen (secondary N) is 2. The van der Waals surface area contributed by atoms with Crippen LogP contribution in [-0.4, -0.2) is 13.0 Å². The highest BCUT2D eigenvalue weighted by molar-refractivity contribution is 5.75. The molecule has 2 N–H and O–H groups in total. The molecule has 0 aliphatic carbocycles. The molecular weight excluding hydrogens is 128 g/mol. The fourth-order valence-electron chi connectivity index (χ4n) is 0.665. The summed E-state index contributed by atoms with van der Waals surface area (Å²) in [6, 6.07) is 0. The van der Waals surface area contributed by atoms with Gasteiger partial charge >= 0.3 is 0 Å². The minimum absolute atomic E-state index is 0.0370. The number of hydrogen-bond donors (Lipinski definition) is 2. The average Bonchev–Trinajstić information content (AvgIpc) is 1.59. The third-order valence-corrected chi connectivity index (χ3v) is 0.955. The van der Waals surface area contributed by atoms with E-state index >= 15 is 0 Å². The van der Waals surface area contributed by atoms with Gasteiger partial charge in [0.25, 0.3) is 0 Å². The van der Waals surface area contributed by atoms with Crippen molar-refractivity contribution in [2.75, 3.05) is 7.05 Å². The Balaban J connectivity index is 3.58. The summed E-state index contributed by atoms with van der Waals surface area (Å²) in [6.07, 6.45) is 0.549. The highest BCUT2D eigenvalue weighted by Gasteiger charge is 2.14. The minimum Gasteiger partial charge on any atom is -0.292 e. The predicted octanol–water partition coefficient (Wildman–Crippen LogP) is 0.673. The molecule has 0 aliphatic rings. The molecule has 60 valence electrons. The smallest absolute Gasteiger partial charge is 0.234 e. The molecule has 0 rings (SSSR count). The summed E-state index contributed by atoms with van der Waals surface area (Å²) >= 11 is 0. The lowest BCUT2D eigenvalue weighted by Crippen LogP contribution is -2.36. The van der Waals surface area contributed by atoms with Gasteiger partial charge in [0.05, 0.1) is 0 Å². The first-order valence-electron chi connectivity index (χ1n) is 3.41. The lowest BCUT2D eigenvalue weighted by Gasteiger charge is -2.16. The van der Waals surface area contributed by atoms with Crippen molar-refractivity contribution in [2.45, 2.75) is 27.2 Å². The molecule has 0 radical (unpaired) electrons. The summed E-state index contributed by atoms with van der Waals surface area (Å²) in [4.78, 5) is 10.9. The van der Waals surface area contributed by atoms with Gasteiger partial charge in [-0.25, -0.2) is 5.43 Å². The Bertz CT molecular complexity index is 115. The normalized spacial score (nSPS) is 11.2. The summed E-state index contributed by atoms with van der Waals surface area (Å²) in [6.45, 7) is 6.09. The van der Waals surface area contributed by atoms with Crippen molar-refractivity contribution < 1.29 is 4.79 Å². The molecule has 0 bridgehead atoms. The zero-order valence-electron chi connectivity index (χ0n) is 7.12. The second-order valence-electron chi connectivity index (χ2n) is 3.54. The zero-order chi connectivity index (χ0) is 8.20. The Morgan fingerprint density at radius 2 is 1.90 bits per heavy atom. The van der Waals surface area contributed by atoms with Gasteiger partial charge in [-0.05, 0) is 5.41 Å². The topological polar surface area (TPSA) is 41.1 Å². The molecule has 0 aromatic carbocycles. The fraction of sp³-hybridized carbons (Fsp3) is 0.857. The maximum atomic E-state index is 10.9. The number of carbonyl (C=O) groups is 1. The number of rotatable bonds is 2. The van der Waals surface area contributed by atoms with Crippen molar-refractivity contribution in [2.24, 2.45) is 5.41 Å². The molecule has 0 atom stereocenters. The van der Waals surface area contributed by atoms with Crippen LogP contribution in [0.4, 0.5) is 0 Å². The van der Waals surface area contributed by atoms with E-state index in [9.17, 15) is 4.79 Å². The molecule has 0 aliphatic heterocycles. The van der Waals surface area contributed by atoms with E-state index in [0.29, 0.717) is 6.42 Å². The first-order valence-corrected chi connectivity index (χ1v) is 3.41. The Morgan fingerprint density at radius 3 is 2.20 bits per heavy atom. The molecule has 10 heavy (non-hydrogen) atoms. The minimum atomic E-state index is 0.0370. The van der Waals surface area contributed by atoms with Gasteiger partial charge in [-0.1, -0.05) is 20.8 Å². The van der Waals surface area contributed by atoms with E-state index in [4.69, 9.17) is 0 Å². The van der Waals surface area contributed by atoms with E-state index in [1.807, 2.05) is 20.8 Å². The average molecular weight is 144 g/mol. The van der Waals surface area contributed by atoms with Crippen LogP contribution in [0.25, 0.3) is 0 Å². The van der Waals surface area contributed by atoms with Gasteiger partial charge in [0.1, 0.15) is 0 Å². The number of carbonyl (C=O) groups excluding carboxylic acids is 1. The van der Waals surface area contributed by atoms with Gasteiger partial charge < -0.3 is 0 Å². The molecule has 0 saturated carbocycles. The molecule has 0 aromatic heterocycles. The summed E-state index contributed by atoms with van der Waals surface area (Å²) in [5, 5.41) is 0. The molecule has 0 unspecified atom stereocenters. The first-order chi connectivity index (χ1) is 4.45. The standard InChI is InChI=1S/C7H16N2O/c1-7(2,3)5-6(10)9-8-4/h8H,5H2,1-4H3,(H,9,10). The van der Waals surface area contributed by atoms with Crippen LogP contribution in [0.3, 0.4) is 0 Å². The predicted molar refractivity (Wildman–Crippen MR) is 41.3 cm³/mol. The SMILES string of the molecule is CNNC(=O)CC(C)(C)C. The highest BCUT2D eigenvalue weighted by Crippen LogP contribution is 2.17. The summed E-state index contributed by atoms with van der Waals surface area (Å²) < 4.78 is 0. The Hall–Kier alpha value is -0.570. The van der Waals surface area contributed by atoms with Crippen LogP contribution in [0, 0.1) is 5.41 Å². The lowest BCUT2D eigenvalue weighted by molar-refractivity contribution is -0.123. The summed E-state index contributed by atoms with van der Waals surface area (Å²) in [7, 11) is 1.68. The van der Waals surface area contributed by atoms with E-state index in [0.717, 1.165) is 0 Å². The van der Waals surface area contributed by atoms with E-state index in [-0.39, 0.29) is 11.3 Å². The van der Waals surface area contributed by atoms with Crippen LogP contribution in [0.1, 0.15) is 27.2 Å². The van der Waals surface area contributed by atoms with Crippen molar-refractivity contribution in [1.29, 1.82) is 0 Å². The third-order valence-electron chi connectivity index (χ3n) is 0.955.